The fourth-order valence-corrected chi connectivity index (χ4v) is 5.60. The van der Waals surface area contributed by atoms with E-state index in [1.54, 1.807) is 6.07 Å². The summed E-state index contributed by atoms with van der Waals surface area (Å²) < 4.78 is 27.9. The molecule has 1 saturated carbocycles. The lowest BCUT2D eigenvalue weighted by atomic mass is 10.2. The van der Waals surface area contributed by atoms with Gasteiger partial charge in [-0.15, -0.1) is 11.3 Å². The van der Waals surface area contributed by atoms with Crippen LogP contribution in [0.3, 0.4) is 0 Å². The van der Waals surface area contributed by atoms with Crippen LogP contribution in [0.5, 0.6) is 0 Å². The fourth-order valence-electron chi connectivity index (χ4n) is 1.93. The Balaban J connectivity index is 2.09. The first-order valence-electron chi connectivity index (χ1n) is 5.67. The molecule has 0 aliphatic heterocycles. The highest BCUT2D eigenvalue weighted by Crippen LogP contribution is 2.34. The van der Waals surface area contributed by atoms with Gasteiger partial charge in [0, 0.05) is 10.9 Å². The Hall–Kier alpha value is 0.0900. The van der Waals surface area contributed by atoms with E-state index in [0.29, 0.717) is 4.90 Å². The quantitative estimate of drug-likeness (QED) is 0.896. The average molecular weight is 338 g/mol. The molecule has 0 bridgehead atoms. The van der Waals surface area contributed by atoms with E-state index in [-0.39, 0.29) is 6.04 Å². The Labute approximate surface area is 115 Å². The lowest BCUT2D eigenvalue weighted by Crippen LogP contribution is -2.33. The van der Waals surface area contributed by atoms with Crippen LogP contribution >= 0.6 is 27.3 Å². The molecule has 3 nitrogen and oxygen atoms in total. The molecule has 1 aliphatic rings. The molecule has 1 aromatic heterocycles. The molecule has 2 rings (SSSR count). The van der Waals surface area contributed by atoms with Crippen LogP contribution in [0.1, 0.15) is 31.1 Å². The number of thiophene rings is 1. The molecular formula is C11H16BrNO2S2. The Kier molecular flexibility index (Phi) is 3.97. The molecule has 0 radical (unpaired) electrons. The highest BCUT2D eigenvalue weighted by molar-refractivity contribution is 9.11. The summed E-state index contributed by atoms with van der Waals surface area (Å²) in [4.78, 5) is 1.22. The summed E-state index contributed by atoms with van der Waals surface area (Å²) in [5, 5.41) is 0. The summed E-state index contributed by atoms with van der Waals surface area (Å²) in [7, 11) is -3.36. The maximum absolute atomic E-state index is 12.2. The Morgan fingerprint density at radius 3 is 2.71 bits per heavy atom. The minimum Gasteiger partial charge on any atom is -0.208 e. The van der Waals surface area contributed by atoms with Crippen molar-refractivity contribution in [2.24, 2.45) is 5.92 Å². The van der Waals surface area contributed by atoms with Gasteiger partial charge in [0.25, 0.3) is 0 Å². The number of rotatable bonds is 5. The van der Waals surface area contributed by atoms with Crippen LogP contribution in [0.4, 0.5) is 0 Å². The highest BCUT2D eigenvalue weighted by Gasteiger charge is 2.27. The molecule has 0 amide bonds. The molecule has 0 aromatic carbocycles. The van der Waals surface area contributed by atoms with Gasteiger partial charge in [-0.3, -0.25) is 0 Å². The maximum atomic E-state index is 12.2. The molecule has 1 unspecified atom stereocenters. The van der Waals surface area contributed by atoms with E-state index in [1.165, 1.54) is 24.2 Å². The van der Waals surface area contributed by atoms with Gasteiger partial charge < -0.3 is 0 Å². The molecule has 1 fully saturated rings. The average Bonchev–Trinajstić information content (AvgIpc) is 2.89. The van der Waals surface area contributed by atoms with Crippen molar-refractivity contribution >= 4 is 37.3 Å². The summed E-state index contributed by atoms with van der Waals surface area (Å²) >= 11 is 4.77. The van der Waals surface area contributed by atoms with Crippen molar-refractivity contribution in [1.29, 1.82) is 0 Å². The van der Waals surface area contributed by atoms with E-state index in [9.17, 15) is 8.42 Å². The fraction of sp³-hybridized carbons (Fsp3) is 0.636. The normalized spacial score (nSPS) is 18.3. The predicted octanol–water partition coefficient (Wildman–Crippen LogP) is 3.29. The molecule has 1 N–H and O–H groups in total. The molecule has 0 spiro atoms. The van der Waals surface area contributed by atoms with Gasteiger partial charge in [0.1, 0.15) is 0 Å². The highest BCUT2D eigenvalue weighted by atomic mass is 79.9. The third-order valence-corrected chi connectivity index (χ3v) is 6.27. The van der Waals surface area contributed by atoms with Crippen LogP contribution in [-0.2, 0) is 10.0 Å². The van der Waals surface area contributed by atoms with E-state index >= 15 is 0 Å². The van der Waals surface area contributed by atoms with E-state index < -0.39 is 10.0 Å². The van der Waals surface area contributed by atoms with Gasteiger partial charge in [0.2, 0.25) is 10.0 Å². The van der Waals surface area contributed by atoms with E-state index in [1.807, 2.05) is 13.8 Å². The van der Waals surface area contributed by atoms with Crippen molar-refractivity contribution in [2.75, 3.05) is 0 Å². The Morgan fingerprint density at radius 2 is 2.24 bits per heavy atom. The zero-order valence-corrected chi connectivity index (χ0v) is 13.1. The second kappa shape index (κ2) is 4.99. The molecule has 6 heteroatoms. The molecule has 17 heavy (non-hydrogen) atoms. The van der Waals surface area contributed by atoms with Crippen LogP contribution in [0.15, 0.2) is 14.7 Å². The Bertz CT molecular complexity index is 506. The summed E-state index contributed by atoms with van der Waals surface area (Å²) in [5.74, 6) is 0.725. The van der Waals surface area contributed by atoms with Crippen molar-refractivity contribution in [3.8, 4) is 0 Å². The first kappa shape index (κ1) is 13.5. The second-order valence-electron chi connectivity index (χ2n) is 4.67. The zero-order valence-electron chi connectivity index (χ0n) is 9.86. The summed E-state index contributed by atoms with van der Waals surface area (Å²) in [6, 6.07) is 1.69. The van der Waals surface area contributed by atoms with Gasteiger partial charge in [0.15, 0.2) is 0 Å². The van der Waals surface area contributed by atoms with E-state index in [2.05, 4.69) is 20.7 Å². The molecule has 1 atom stereocenters. The largest absolute Gasteiger partial charge is 0.241 e. The van der Waals surface area contributed by atoms with Crippen molar-refractivity contribution in [2.45, 2.75) is 44.0 Å². The second-order valence-corrected chi connectivity index (χ2v) is 8.99. The Morgan fingerprint density at radius 1 is 1.59 bits per heavy atom. The third-order valence-electron chi connectivity index (χ3n) is 2.87. The van der Waals surface area contributed by atoms with Gasteiger partial charge in [-0.05, 0) is 48.2 Å². The van der Waals surface area contributed by atoms with Gasteiger partial charge in [-0.25, -0.2) is 13.1 Å². The number of nitrogens with one attached hydrogen (secondary N) is 1. The smallest absolute Gasteiger partial charge is 0.208 e. The monoisotopic (exact) mass is 337 g/mol. The number of hydrogen-bond donors (Lipinski definition) is 1. The SMILES string of the molecule is Cc1sc(Br)cc1S(=O)(=O)NC(C)CC1CC1. The first-order chi connectivity index (χ1) is 7.88. The van der Waals surface area contributed by atoms with Gasteiger partial charge in [-0.2, -0.15) is 0 Å². The van der Waals surface area contributed by atoms with Crippen LogP contribution in [0.25, 0.3) is 0 Å². The van der Waals surface area contributed by atoms with Gasteiger partial charge >= 0.3 is 0 Å². The lowest BCUT2D eigenvalue weighted by molar-refractivity contribution is 0.530. The first-order valence-corrected chi connectivity index (χ1v) is 8.76. The molecule has 0 saturated heterocycles. The van der Waals surface area contributed by atoms with Gasteiger partial charge in [-0.1, -0.05) is 12.8 Å². The predicted molar refractivity (Wildman–Crippen MR) is 73.9 cm³/mol. The van der Waals surface area contributed by atoms with Crippen LogP contribution in [0.2, 0.25) is 0 Å². The molecular weight excluding hydrogens is 322 g/mol. The van der Waals surface area contributed by atoms with Crippen molar-refractivity contribution < 1.29 is 8.42 Å². The van der Waals surface area contributed by atoms with Crippen molar-refractivity contribution in [3.05, 3.63) is 14.7 Å². The zero-order chi connectivity index (χ0) is 12.6. The summed E-state index contributed by atoms with van der Waals surface area (Å²) in [6.07, 6.45) is 3.44. The topological polar surface area (TPSA) is 46.2 Å². The minimum atomic E-state index is -3.36. The summed E-state index contributed by atoms with van der Waals surface area (Å²) in [6.45, 7) is 3.77. The van der Waals surface area contributed by atoms with Crippen LogP contribution in [-0.4, -0.2) is 14.5 Å². The summed E-state index contributed by atoms with van der Waals surface area (Å²) in [5.41, 5.74) is 0. The minimum absolute atomic E-state index is 0.0191. The molecule has 1 aromatic rings. The van der Waals surface area contributed by atoms with Crippen LogP contribution < -0.4 is 4.72 Å². The number of sulfonamides is 1. The van der Waals surface area contributed by atoms with Gasteiger partial charge in [0.05, 0.1) is 8.68 Å². The lowest BCUT2D eigenvalue weighted by Gasteiger charge is -2.13. The van der Waals surface area contributed by atoms with E-state index in [4.69, 9.17) is 0 Å². The number of halogens is 1. The standard InChI is InChI=1S/C11H16BrNO2S2/c1-7(5-9-3-4-9)13-17(14,15)10-6-11(12)16-8(10)2/h6-7,9,13H,3-5H2,1-2H3. The van der Waals surface area contributed by atoms with Crippen molar-refractivity contribution in [1.82, 2.24) is 4.72 Å². The third kappa shape index (κ3) is 3.53. The maximum Gasteiger partial charge on any atom is 0.241 e. The van der Waals surface area contributed by atoms with E-state index in [0.717, 1.165) is 21.0 Å². The number of aryl methyl sites for hydroxylation is 1. The molecule has 1 aliphatic carbocycles. The van der Waals surface area contributed by atoms with Crippen LogP contribution in [0, 0.1) is 12.8 Å². The molecule has 96 valence electrons. The molecule has 1 heterocycles. The van der Waals surface area contributed by atoms with Crippen molar-refractivity contribution in [3.63, 3.8) is 0 Å². The number of hydrogen-bond acceptors (Lipinski definition) is 3.